The number of nitrogens with one attached hydrogen (secondary N) is 1. The van der Waals surface area contributed by atoms with Crippen LogP contribution in [0.25, 0.3) is 0 Å². The highest BCUT2D eigenvalue weighted by molar-refractivity contribution is 6.01. The maximum atomic E-state index is 12.1. The zero-order valence-electron chi connectivity index (χ0n) is 11.0. The Morgan fingerprint density at radius 2 is 1.95 bits per heavy atom. The largest absolute Gasteiger partial charge is 0.399 e. The fraction of sp³-hybridized carbons (Fsp3) is 0.0667. The van der Waals surface area contributed by atoms with Gasteiger partial charge in [-0.15, -0.1) is 0 Å². The van der Waals surface area contributed by atoms with Crippen molar-refractivity contribution in [2.75, 3.05) is 23.0 Å². The molecule has 5 nitrogen and oxygen atoms in total. The van der Waals surface area contributed by atoms with Crippen LogP contribution in [0.4, 0.5) is 21.9 Å². The third-order valence-corrected chi connectivity index (χ3v) is 2.83. The Kier molecular flexibility index (Phi) is 3.87. The van der Waals surface area contributed by atoms with E-state index in [1.807, 2.05) is 6.07 Å². The van der Waals surface area contributed by atoms with Gasteiger partial charge in [-0.3, -0.25) is 4.90 Å². The maximum absolute atomic E-state index is 12.1. The quantitative estimate of drug-likeness (QED) is 0.820. The molecule has 2 aromatic carbocycles. The third kappa shape index (κ3) is 3.06. The van der Waals surface area contributed by atoms with E-state index in [0.29, 0.717) is 22.6 Å². The lowest BCUT2D eigenvalue weighted by Gasteiger charge is -2.18. The second-order valence-electron chi connectivity index (χ2n) is 4.27. The van der Waals surface area contributed by atoms with Crippen LogP contribution in [0, 0.1) is 11.3 Å². The molecule has 0 unspecified atom stereocenters. The molecule has 100 valence electrons. The molecule has 0 heterocycles. The average Bonchev–Trinajstić information content (AvgIpc) is 2.46. The number of carbonyl (C=O) groups is 1. The molecule has 0 atom stereocenters. The van der Waals surface area contributed by atoms with E-state index < -0.39 is 0 Å². The van der Waals surface area contributed by atoms with E-state index in [9.17, 15) is 4.79 Å². The Bertz CT molecular complexity index is 658. The highest BCUT2D eigenvalue weighted by atomic mass is 16.2. The van der Waals surface area contributed by atoms with Crippen molar-refractivity contribution in [1.29, 1.82) is 5.26 Å². The summed E-state index contributed by atoms with van der Waals surface area (Å²) in [7, 11) is 1.66. The molecule has 0 radical (unpaired) electrons. The fourth-order valence-corrected chi connectivity index (χ4v) is 1.70. The number of hydrogen-bond donors (Lipinski definition) is 2. The van der Waals surface area contributed by atoms with Gasteiger partial charge in [0, 0.05) is 24.1 Å². The molecule has 0 aliphatic heterocycles. The predicted molar refractivity (Wildman–Crippen MR) is 79.4 cm³/mol. The standard InChI is InChI=1S/C15H14N4O/c1-19(14-7-5-11(10-16)6-8-14)15(20)18-13-4-2-3-12(17)9-13/h2-9H,17H2,1H3,(H,18,20). The second-order valence-corrected chi connectivity index (χ2v) is 4.27. The van der Waals surface area contributed by atoms with Crippen LogP contribution in [-0.2, 0) is 0 Å². The minimum Gasteiger partial charge on any atom is -0.399 e. The van der Waals surface area contributed by atoms with Crippen LogP contribution < -0.4 is 16.0 Å². The Morgan fingerprint density at radius 3 is 2.55 bits per heavy atom. The van der Waals surface area contributed by atoms with Crippen LogP contribution in [0.1, 0.15) is 5.56 Å². The molecule has 0 aliphatic rings. The normalized spacial score (nSPS) is 9.60. The number of rotatable bonds is 2. The van der Waals surface area contributed by atoms with Crippen molar-refractivity contribution < 1.29 is 4.79 Å². The minimum absolute atomic E-state index is 0.277. The molecule has 0 aromatic heterocycles. The molecule has 3 N–H and O–H groups in total. The number of nitrogens with zero attached hydrogens (tertiary/aromatic N) is 2. The Labute approximate surface area is 117 Å². The lowest BCUT2D eigenvalue weighted by Crippen LogP contribution is -2.31. The lowest BCUT2D eigenvalue weighted by molar-refractivity contribution is 0.258. The summed E-state index contributed by atoms with van der Waals surface area (Å²) >= 11 is 0. The first-order valence-electron chi connectivity index (χ1n) is 6.00. The number of amides is 2. The lowest BCUT2D eigenvalue weighted by atomic mass is 10.2. The van der Waals surface area contributed by atoms with Gasteiger partial charge in [0.25, 0.3) is 0 Å². The van der Waals surface area contributed by atoms with Crippen LogP contribution in [0.5, 0.6) is 0 Å². The van der Waals surface area contributed by atoms with E-state index >= 15 is 0 Å². The zero-order chi connectivity index (χ0) is 14.5. The first kappa shape index (κ1) is 13.4. The van der Waals surface area contributed by atoms with Gasteiger partial charge in [-0.05, 0) is 42.5 Å². The van der Waals surface area contributed by atoms with Crippen molar-refractivity contribution in [3.05, 3.63) is 54.1 Å². The molecule has 0 fully saturated rings. The molecule has 0 saturated heterocycles. The monoisotopic (exact) mass is 266 g/mol. The van der Waals surface area contributed by atoms with E-state index in [4.69, 9.17) is 11.0 Å². The summed E-state index contributed by atoms with van der Waals surface area (Å²) in [6.07, 6.45) is 0. The van der Waals surface area contributed by atoms with E-state index in [-0.39, 0.29) is 6.03 Å². The van der Waals surface area contributed by atoms with Crippen molar-refractivity contribution in [3.8, 4) is 6.07 Å². The SMILES string of the molecule is CN(C(=O)Nc1cccc(N)c1)c1ccc(C#N)cc1. The number of anilines is 3. The zero-order valence-corrected chi connectivity index (χ0v) is 11.0. The van der Waals surface area contributed by atoms with Crippen molar-refractivity contribution in [2.24, 2.45) is 0 Å². The predicted octanol–water partition coefficient (Wildman–Crippen LogP) is 2.81. The molecular weight excluding hydrogens is 252 g/mol. The molecule has 20 heavy (non-hydrogen) atoms. The first-order valence-corrected chi connectivity index (χ1v) is 6.00. The summed E-state index contributed by atoms with van der Waals surface area (Å²) in [4.78, 5) is 13.6. The molecule has 2 amide bonds. The Balaban J connectivity index is 2.10. The molecule has 0 saturated carbocycles. The third-order valence-electron chi connectivity index (χ3n) is 2.83. The highest BCUT2D eigenvalue weighted by Crippen LogP contribution is 2.16. The van der Waals surface area contributed by atoms with E-state index in [1.54, 1.807) is 55.6 Å². The summed E-state index contributed by atoms with van der Waals surface area (Å²) in [5.41, 5.74) is 8.13. The van der Waals surface area contributed by atoms with Gasteiger partial charge in [0.15, 0.2) is 0 Å². The number of nitriles is 1. The molecular formula is C15H14N4O. The smallest absolute Gasteiger partial charge is 0.326 e. The van der Waals surface area contributed by atoms with Gasteiger partial charge in [0.05, 0.1) is 11.6 Å². The van der Waals surface area contributed by atoms with Crippen molar-refractivity contribution in [1.82, 2.24) is 0 Å². The number of nitrogens with two attached hydrogens (primary N) is 1. The van der Waals surface area contributed by atoms with Crippen LogP contribution in [0.2, 0.25) is 0 Å². The summed E-state index contributed by atoms with van der Waals surface area (Å²) in [5, 5.41) is 11.5. The fourth-order valence-electron chi connectivity index (χ4n) is 1.70. The van der Waals surface area contributed by atoms with Crippen molar-refractivity contribution >= 4 is 23.1 Å². The molecule has 2 aromatic rings. The maximum Gasteiger partial charge on any atom is 0.326 e. The van der Waals surface area contributed by atoms with Crippen LogP contribution >= 0.6 is 0 Å². The van der Waals surface area contributed by atoms with Gasteiger partial charge in [0.2, 0.25) is 0 Å². The van der Waals surface area contributed by atoms with Gasteiger partial charge in [-0.25, -0.2) is 4.79 Å². The van der Waals surface area contributed by atoms with Crippen LogP contribution in [-0.4, -0.2) is 13.1 Å². The Hall–Kier alpha value is -3.00. The summed E-state index contributed by atoms with van der Waals surface area (Å²) in [6.45, 7) is 0. The van der Waals surface area contributed by atoms with Gasteiger partial charge in [-0.2, -0.15) is 5.26 Å². The van der Waals surface area contributed by atoms with Crippen molar-refractivity contribution in [2.45, 2.75) is 0 Å². The van der Waals surface area contributed by atoms with Gasteiger partial charge < -0.3 is 11.1 Å². The number of carbonyl (C=O) groups excluding carboxylic acids is 1. The summed E-state index contributed by atoms with van der Waals surface area (Å²) in [6, 6.07) is 15.5. The van der Waals surface area contributed by atoms with E-state index in [1.165, 1.54) is 4.90 Å². The van der Waals surface area contributed by atoms with E-state index in [0.717, 1.165) is 0 Å². The summed E-state index contributed by atoms with van der Waals surface area (Å²) < 4.78 is 0. The Morgan fingerprint density at radius 1 is 1.25 bits per heavy atom. The minimum atomic E-state index is -0.277. The second kappa shape index (κ2) is 5.76. The summed E-state index contributed by atoms with van der Waals surface area (Å²) in [5.74, 6) is 0. The van der Waals surface area contributed by atoms with Crippen molar-refractivity contribution in [3.63, 3.8) is 0 Å². The first-order chi connectivity index (χ1) is 9.60. The van der Waals surface area contributed by atoms with E-state index in [2.05, 4.69) is 5.32 Å². The topological polar surface area (TPSA) is 82.2 Å². The number of nitrogen functional groups attached to an aromatic ring is 1. The molecule has 2 rings (SSSR count). The van der Waals surface area contributed by atoms with Gasteiger partial charge >= 0.3 is 6.03 Å². The molecule has 0 bridgehead atoms. The average molecular weight is 266 g/mol. The van der Waals surface area contributed by atoms with Crippen LogP contribution in [0.3, 0.4) is 0 Å². The molecule has 5 heteroatoms. The highest BCUT2D eigenvalue weighted by Gasteiger charge is 2.10. The van der Waals surface area contributed by atoms with Gasteiger partial charge in [0.1, 0.15) is 0 Å². The number of urea groups is 1. The molecule has 0 aliphatic carbocycles. The molecule has 0 spiro atoms. The van der Waals surface area contributed by atoms with Gasteiger partial charge in [-0.1, -0.05) is 6.07 Å². The number of hydrogen-bond acceptors (Lipinski definition) is 3. The van der Waals surface area contributed by atoms with Crippen LogP contribution in [0.15, 0.2) is 48.5 Å². The number of benzene rings is 2.